The van der Waals surface area contributed by atoms with Gasteiger partial charge in [-0.25, -0.2) is 4.98 Å². The molecule has 0 bridgehead atoms. The fourth-order valence-corrected chi connectivity index (χ4v) is 2.25. The minimum atomic E-state index is -4.52. The third-order valence-electron chi connectivity index (χ3n) is 3.61. The minimum Gasteiger partial charge on any atom is -0.347 e. The van der Waals surface area contributed by atoms with Gasteiger partial charge in [-0.3, -0.25) is 14.5 Å². The maximum atomic E-state index is 12.8. The van der Waals surface area contributed by atoms with E-state index in [-0.39, 0.29) is 18.1 Å². The van der Waals surface area contributed by atoms with Gasteiger partial charge in [0.15, 0.2) is 0 Å². The van der Waals surface area contributed by atoms with Gasteiger partial charge in [0.1, 0.15) is 17.8 Å². The molecule has 0 N–H and O–H groups in total. The van der Waals surface area contributed by atoms with Crippen LogP contribution in [0.2, 0.25) is 0 Å². The van der Waals surface area contributed by atoms with Crippen LogP contribution in [0.3, 0.4) is 0 Å². The second kappa shape index (κ2) is 6.15. The molecule has 3 heterocycles. The first-order chi connectivity index (χ1) is 11.8. The molecule has 0 fully saturated rings. The van der Waals surface area contributed by atoms with Crippen molar-refractivity contribution in [2.24, 2.45) is 0 Å². The topological polar surface area (TPSA) is 63.9 Å². The summed E-state index contributed by atoms with van der Waals surface area (Å²) < 4.78 is 40.0. The summed E-state index contributed by atoms with van der Waals surface area (Å²) in [4.78, 5) is 21.1. The molecule has 3 aromatic rings. The highest BCUT2D eigenvalue weighted by Crippen LogP contribution is 2.29. The molecule has 0 aliphatic carbocycles. The summed E-state index contributed by atoms with van der Waals surface area (Å²) in [5.74, 6) is -0.160. The number of rotatable bonds is 3. The quantitative estimate of drug-likeness (QED) is 0.729. The van der Waals surface area contributed by atoms with Crippen molar-refractivity contribution in [1.29, 1.82) is 0 Å². The Morgan fingerprint density at radius 3 is 2.68 bits per heavy atom. The highest BCUT2D eigenvalue weighted by Gasteiger charge is 2.32. The molecule has 25 heavy (non-hydrogen) atoms. The van der Waals surface area contributed by atoms with E-state index in [0.29, 0.717) is 16.6 Å². The van der Waals surface area contributed by atoms with Gasteiger partial charge < -0.3 is 4.90 Å². The Hall–Kier alpha value is -2.97. The van der Waals surface area contributed by atoms with Crippen LogP contribution in [0.15, 0.2) is 36.7 Å². The molecule has 130 valence electrons. The maximum absolute atomic E-state index is 12.8. The Bertz CT molecular complexity index is 933. The molecule has 3 rings (SSSR count). The average molecular weight is 349 g/mol. The highest BCUT2D eigenvalue weighted by molar-refractivity contribution is 5.82. The molecule has 0 aliphatic heterocycles. The number of hydrogen-bond donors (Lipinski definition) is 0. The van der Waals surface area contributed by atoms with E-state index in [0.717, 1.165) is 6.07 Å². The third kappa shape index (κ3) is 3.44. The van der Waals surface area contributed by atoms with Gasteiger partial charge in [0, 0.05) is 25.9 Å². The maximum Gasteiger partial charge on any atom is 0.433 e. The molecule has 0 unspecified atom stereocenters. The fourth-order valence-electron chi connectivity index (χ4n) is 2.25. The minimum absolute atomic E-state index is 0.0116. The number of carbonyl (C=O) groups is 1. The number of hydrogen-bond acceptors (Lipinski definition) is 4. The number of carbonyl (C=O) groups excluding carboxylic acids is 1. The summed E-state index contributed by atoms with van der Waals surface area (Å²) in [6.07, 6.45) is -1.58. The average Bonchev–Trinajstić information content (AvgIpc) is 2.96. The van der Waals surface area contributed by atoms with Crippen molar-refractivity contribution in [3.8, 4) is 11.3 Å². The van der Waals surface area contributed by atoms with Crippen molar-refractivity contribution < 1.29 is 18.0 Å². The van der Waals surface area contributed by atoms with E-state index in [1.807, 2.05) is 0 Å². The molecule has 0 spiro atoms. The van der Waals surface area contributed by atoms with Crippen LogP contribution < -0.4 is 0 Å². The fraction of sp³-hybridized carbons (Fsp3) is 0.250. The van der Waals surface area contributed by atoms with Crippen LogP contribution in [0.25, 0.3) is 22.3 Å². The van der Waals surface area contributed by atoms with E-state index >= 15 is 0 Å². The van der Waals surface area contributed by atoms with Gasteiger partial charge >= 0.3 is 6.18 Å². The normalized spacial score (nSPS) is 11.7. The number of fused-ring (bicyclic) bond motifs is 1. The Morgan fingerprint density at radius 1 is 1.24 bits per heavy atom. The summed E-state index contributed by atoms with van der Waals surface area (Å²) in [5.41, 5.74) is 0.684. The zero-order chi connectivity index (χ0) is 18.2. The number of pyridine rings is 2. The molecule has 6 nitrogen and oxygen atoms in total. The lowest BCUT2D eigenvalue weighted by Crippen LogP contribution is -2.26. The predicted molar refractivity (Wildman–Crippen MR) is 84.5 cm³/mol. The van der Waals surface area contributed by atoms with Gasteiger partial charge in [0.2, 0.25) is 5.91 Å². The predicted octanol–water partition coefficient (Wildman–Crippen LogP) is 2.60. The van der Waals surface area contributed by atoms with Crippen molar-refractivity contribution in [2.75, 3.05) is 14.1 Å². The van der Waals surface area contributed by atoms with Crippen LogP contribution in [0.4, 0.5) is 13.2 Å². The molecule has 3 aromatic heterocycles. The third-order valence-corrected chi connectivity index (χ3v) is 3.61. The molecular formula is C16H14F3N5O. The van der Waals surface area contributed by atoms with Crippen LogP contribution >= 0.6 is 0 Å². The van der Waals surface area contributed by atoms with E-state index < -0.39 is 11.9 Å². The number of alkyl halides is 3. The Morgan fingerprint density at radius 2 is 2.00 bits per heavy atom. The second-order valence-corrected chi connectivity index (χ2v) is 5.62. The first-order valence-electron chi connectivity index (χ1n) is 7.32. The van der Waals surface area contributed by atoms with Gasteiger partial charge in [0.25, 0.3) is 0 Å². The zero-order valence-corrected chi connectivity index (χ0v) is 13.4. The van der Waals surface area contributed by atoms with E-state index in [4.69, 9.17) is 0 Å². The molecule has 0 radical (unpaired) electrons. The van der Waals surface area contributed by atoms with E-state index in [2.05, 4.69) is 15.1 Å². The first-order valence-corrected chi connectivity index (χ1v) is 7.32. The molecule has 1 amide bonds. The number of aromatic nitrogens is 4. The smallest absolute Gasteiger partial charge is 0.347 e. The number of nitrogens with zero attached hydrogens (tertiary/aromatic N) is 5. The van der Waals surface area contributed by atoms with Gasteiger partial charge in [-0.2, -0.15) is 18.3 Å². The lowest BCUT2D eigenvalue weighted by Gasteiger charge is -2.11. The molecular weight excluding hydrogens is 335 g/mol. The van der Waals surface area contributed by atoms with E-state index in [1.54, 1.807) is 20.2 Å². The molecule has 0 aliphatic rings. The Labute approximate surface area is 140 Å². The number of likely N-dealkylation sites (N-methyl/N-ethyl adjacent to an activating group) is 1. The van der Waals surface area contributed by atoms with Crippen molar-refractivity contribution in [2.45, 2.75) is 12.7 Å². The molecule has 9 heteroatoms. The molecule has 0 atom stereocenters. The monoisotopic (exact) mass is 349 g/mol. The summed E-state index contributed by atoms with van der Waals surface area (Å²) in [6, 6.07) is 5.31. The standard InChI is InChI=1S/C16H14F3N5O/c1-23(2)15(25)9-24-13-6-10(7-20-12(13)8-21-24)11-4-3-5-14(22-11)16(17,18)19/h3-8H,9H2,1-2H3. The van der Waals surface area contributed by atoms with Crippen molar-refractivity contribution >= 4 is 16.9 Å². The van der Waals surface area contributed by atoms with Crippen LogP contribution in [-0.2, 0) is 17.5 Å². The van der Waals surface area contributed by atoms with Crippen molar-refractivity contribution in [3.63, 3.8) is 0 Å². The highest BCUT2D eigenvalue weighted by atomic mass is 19.4. The van der Waals surface area contributed by atoms with E-state index in [9.17, 15) is 18.0 Å². The van der Waals surface area contributed by atoms with E-state index in [1.165, 1.54) is 34.1 Å². The molecule has 0 saturated heterocycles. The summed E-state index contributed by atoms with van der Waals surface area (Å²) in [7, 11) is 3.26. The van der Waals surface area contributed by atoms with Gasteiger partial charge in [-0.1, -0.05) is 6.07 Å². The van der Waals surface area contributed by atoms with Gasteiger partial charge in [0.05, 0.1) is 17.4 Å². The van der Waals surface area contributed by atoms with Gasteiger partial charge in [-0.05, 0) is 18.2 Å². The SMILES string of the molecule is CN(C)C(=O)Cn1ncc2ncc(-c3cccc(C(F)(F)F)n3)cc21. The lowest BCUT2D eigenvalue weighted by atomic mass is 10.1. The first kappa shape index (κ1) is 16.9. The number of halogens is 3. The lowest BCUT2D eigenvalue weighted by molar-refractivity contribution is -0.141. The number of amides is 1. The molecule has 0 saturated carbocycles. The largest absolute Gasteiger partial charge is 0.433 e. The van der Waals surface area contributed by atoms with Crippen molar-refractivity contribution in [1.82, 2.24) is 24.6 Å². The van der Waals surface area contributed by atoms with Crippen molar-refractivity contribution in [3.05, 3.63) is 42.4 Å². The second-order valence-electron chi connectivity index (χ2n) is 5.62. The zero-order valence-electron chi connectivity index (χ0n) is 13.4. The van der Waals surface area contributed by atoms with Crippen LogP contribution in [0, 0.1) is 0 Å². The van der Waals surface area contributed by atoms with Crippen LogP contribution in [0.5, 0.6) is 0 Å². The summed E-state index contributed by atoms with van der Waals surface area (Å²) in [5, 5.41) is 4.12. The summed E-state index contributed by atoms with van der Waals surface area (Å²) in [6.45, 7) is 0.0116. The Balaban J connectivity index is 2.02. The summed E-state index contributed by atoms with van der Waals surface area (Å²) >= 11 is 0. The van der Waals surface area contributed by atoms with Crippen LogP contribution in [-0.4, -0.2) is 44.7 Å². The van der Waals surface area contributed by atoms with Gasteiger partial charge in [-0.15, -0.1) is 0 Å². The van der Waals surface area contributed by atoms with Crippen LogP contribution in [0.1, 0.15) is 5.69 Å². The Kier molecular flexibility index (Phi) is 4.15. The molecule has 0 aromatic carbocycles.